The first-order chi connectivity index (χ1) is 10.2. The fourth-order valence-electron chi connectivity index (χ4n) is 3.47. The molecule has 2 atom stereocenters. The van der Waals surface area contributed by atoms with Crippen LogP contribution in [0.1, 0.15) is 43.5 Å². The number of carbonyl (C=O) groups is 1. The predicted octanol–water partition coefficient (Wildman–Crippen LogP) is 3.06. The molecular weight excluding hydrogens is 260 g/mol. The number of ketones is 1. The van der Waals surface area contributed by atoms with E-state index in [-0.39, 0.29) is 11.8 Å². The number of nitrogens with zero attached hydrogens (tertiary/aromatic N) is 2. The maximum atomic E-state index is 12.7. The van der Waals surface area contributed by atoms with Crippen molar-refractivity contribution in [2.24, 2.45) is 0 Å². The van der Waals surface area contributed by atoms with Gasteiger partial charge in [0.2, 0.25) is 0 Å². The molecule has 1 aliphatic rings. The minimum absolute atomic E-state index is 0.00768. The zero-order valence-electron chi connectivity index (χ0n) is 13.6. The fraction of sp³-hybridized carbons (Fsp3) is 0.611. The van der Waals surface area contributed by atoms with E-state index in [4.69, 9.17) is 0 Å². The van der Waals surface area contributed by atoms with Crippen LogP contribution < -0.4 is 0 Å². The van der Waals surface area contributed by atoms with Crippen molar-refractivity contribution in [3.63, 3.8) is 0 Å². The summed E-state index contributed by atoms with van der Waals surface area (Å²) in [5, 5.41) is 0. The lowest BCUT2D eigenvalue weighted by Crippen LogP contribution is -2.45. The predicted molar refractivity (Wildman–Crippen MR) is 87.8 cm³/mol. The van der Waals surface area contributed by atoms with Gasteiger partial charge in [-0.15, -0.1) is 0 Å². The third-order valence-electron chi connectivity index (χ3n) is 4.68. The van der Waals surface area contributed by atoms with Crippen LogP contribution in [0.25, 0.3) is 0 Å². The number of Topliss-reactive ketones (excluding diaryl/α,β-unsaturated/α-hetero) is 1. The van der Waals surface area contributed by atoms with Crippen LogP contribution in [-0.2, 0) is 0 Å². The van der Waals surface area contributed by atoms with Gasteiger partial charge in [0, 0.05) is 18.2 Å². The second-order valence-electron chi connectivity index (χ2n) is 6.02. The van der Waals surface area contributed by atoms with Gasteiger partial charge in [-0.3, -0.25) is 14.6 Å². The van der Waals surface area contributed by atoms with Crippen LogP contribution in [0.15, 0.2) is 30.3 Å². The highest BCUT2D eigenvalue weighted by Crippen LogP contribution is 2.19. The summed E-state index contributed by atoms with van der Waals surface area (Å²) in [5.41, 5.74) is 0.829. The van der Waals surface area contributed by atoms with Crippen LogP contribution in [0.3, 0.4) is 0 Å². The minimum atomic E-state index is -0.00768. The number of benzene rings is 1. The largest absolute Gasteiger partial charge is 0.299 e. The van der Waals surface area contributed by atoms with E-state index >= 15 is 0 Å². The molecule has 1 aromatic carbocycles. The molecule has 2 rings (SSSR count). The van der Waals surface area contributed by atoms with E-state index in [0.29, 0.717) is 6.04 Å². The normalized spacial score (nSPS) is 20.9. The zero-order valence-corrected chi connectivity index (χ0v) is 13.6. The zero-order chi connectivity index (χ0) is 15.2. The standard InChI is InChI=1S/C18H28N2O/c1-4-17(18(21)15-10-7-6-8-11-15)19(3)14-16-12-9-13-20(16)5-2/h6-8,10-11,16-17H,4-5,9,12-14H2,1-3H3. The Bertz CT molecular complexity index is 446. The van der Waals surface area contributed by atoms with Crippen molar-refractivity contribution in [3.8, 4) is 0 Å². The molecule has 0 spiro atoms. The second-order valence-corrected chi connectivity index (χ2v) is 6.02. The Morgan fingerprint density at radius 1 is 1.33 bits per heavy atom. The summed E-state index contributed by atoms with van der Waals surface area (Å²) < 4.78 is 0. The Kier molecular flexibility index (Phi) is 5.95. The number of likely N-dealkylation sites (N-methyl/N-ethyl adjacent to an activating group) is 2. The summed E-state index contributed by atoms with van der Waals surface area (Å²) in [7, 11) is 2.10. The summed E-state index contributed by atoms with van der Waals surface area (Å²) in [6.07, 6.45) is 3.41. The van der Waals surface area contributed by atoms with E-state index in [2.05, 4.69) is 30.7 Å². The van der Waals surface area contributed by atoms with Crippen molar-refractivity contribution in [3.05, 3.63) is 35.9 Å². The van der Waals surface area contributed by atoms with Crippen LogP contribution in [0, 0.1) is 0 Å². The average Bonchev–Trinajstić information content (AvgIpc) is 2.96. The maximum absolute atomic E-state index is 12.7. The third-order valence-corrected chi connectivity index (χ3v) is 4.68. The molecule has 1 aliphatic heterocycles. The Hall–Kier alpha value is -1.19. The smallest absolute Gasteiger partial charge is 0.179 e. The molecule has 21 heavy (non-hydrogen) atoms. The summed E-state index contributed by atoms with van der Waals surface area (Å²) >= 11 is 0. The van der Waals surface area contributed by atoms with E-state index < -0.39 is 0 Å². The maximum Gasteiger partial charge on any atom is 0.179 e. The lowest BCUT2D eigenvalue weighted by molar-refractivity contribution is 0.0809. The molecule has 0 N–H and O–H groups in total. The van der Waals surface area contributed by atoms with Crippen molar-refractivity contribution >= 4 is 5.78 Å². The van der Waals surface area contributed by atoms with Gasteiger partial charge in [0.25, 0.3) is 0 Å². The molecule has 116 valence electrons. The Balaban J connectivity index is 2.01. The molecular formula is C18H28N2O. The van der Waals surface area contributed by atoms with Gasteiger partial charge in [-0.2, -0.15) is 0 Å². The van der Waals surface area contributed by atoms with E-state index in [1.807, 2.05) is 30.3 Å². The van der Waals surface area contributed by atoms with Crippen molar-refractivity contribution in [2.75, 3.05) is 26.7 Å². The average molecular weight is 288 g/mol. The molecule has 1 aromatic rings. The topological polar surface area (TPSA) is 23.6 Å². The quantitative estimate of drug-likeness (QED) is 0.720. The summed E-state index contributed by atoms with van der Waals surface area (Å²) in [4.78, 5) is 17.5. The molecule has 0 radical (unpaired) electrons. The van der Waals surface area contributed by atoms with Crippen molar-refractivity contribution < 1.29 is 4.79 Å². The first-order valence-corrected chi connectivity index (χ1v) is 8.20. The molecule has 1 saturated heterocycles. The highest BCUT2D eigenvalue weighted by molar-refractivity contribution is 6.00. The molecule has 1 fully saturated rings. The minimum Gasteiger partial charge on any atom is -0.299 e. The first kappa shape index (κ1) is 16.2. The van der Waals surface area contributed by atoms with E-state index in [0.717, 1.165) is 25.1 Å². The van der Waals surface area contributed by atoms with Crippen LogP contribution in [0.4, 0.5) is 0 Å². The molecule has 1 heterocycles. The molecule has 3 heteroatoms. The number of carbonyl (C=O) groups excluding carboxylic acids is 1. The Morgan fingerprint density at radius 2 is 2.05 bits per heavy atom. The summed E-state index contributed by atoms with van der Waals surface area (Å²) in [5.74, 6) is 0.252. The number of rotatable bonds is 7. The highest BCUT2D eigenvalue weighted by atomic mass is 16.1. The van der Waals surface area contributed by atoms with Crippen molar-refractivity contribution in [2.45, 2.75) is 45.2 Å². The van der Waals surface area contributed by atoms with Gasteiger partial charge in [-0.1, -0.05) is 44.2 Å². The molecule has 0 amide bonds. The van der Waals surface area contributed by atoms with E-state index in [9.17, 15) is 4.79 Å². The number of likely N-dealkylation sites (tertiary alicyclic amines) is 1. The first-order valence-electron chi connectivity index (χ1n) is 8.20. The van der Waals surface area contributed by atoms with Crippen LogP contribution in [-0.4, -0.2) is 54.3 Å². The number of hydrogen-bond acceptors (Lipinski definition) is 3. The van der Waals surface area contributed by atoms with Crippen molar-refractivity contribution in [1.82, 2.24) is 9.80 Å². The SMILES string of the molecule is CCC(C(=O)c1ccccc1)N(C)CC1CCCN1CC. The van der Waals surface area contributed by atoms with Gasteiger partial charge in [0.1, 0.15) is 0 Å². The Morgan fingerprint density at radius 3 is 2.67 bits per heavy atom. The molecule has 0 aromatic heterocycles. The molecule has 0 saturated carbocycles. The summed E-state index contributed by atoms with van der Waals surface area (Å²) in [6.45, 7) is 7.64. The van der Waals surface area contributed by atoms with Gasteiger partial charge >= 0.3 is 0 Å². The fourth-order valence-corrected chi connectivity index (χ4v) is 3.47. The Labute approximate surface area is 128 Å². The van der Waals surface area contributed by atoms with Gasteiger partial charge in [-0.05, 0) is 39.4 Å². The van der Waals surface area contributed by atoms with E-state index in [1.54, 1.807) is 0 Å². The number of hydrogen-bond donors (Lipinski definition) is 0. The van der Waals surface area contributed by atoms with Gasteiger partial charge < -0.3 is 0 Å². The van der Waals surface area contributed by atoms with E-state index in [1.165, 1.54) is 19.4 Å². The van der Waals surface area contributed by atoms with Crippen molar-refractivity contribution in [1.29, 1.82) is 0 Å². The molecule has 0 aliphatic carbocycles. The van der Waals surface area contributed by atoms with Crippen LogP contribution in [0.5, 0.6) is 0 Å². The van der Waals surface area contributed by atoms with Gasteiger partial charge in [0.15, 0.2) is 5.78 Å². The molecule has 2 unspecified atom stereocenters. The van der Waals surface area contributed by atoms with Gasteiger partial charge in [-0.25, -0.2) is 0 Å². The van der Waals surface area contributed by atoms with Crippen LogP contribution in [0.2, 0.25) is 0 Å². The highest BCUT2D eigenvalue weighted by Gasteiger charge is 2.28. The molecule has 0 bridgehead atoms. The lowest BCUT2D eigenvalue weighted by Gasteiger charge is -2.32. The van der Waals surface area contributed by atoms with Gasteiger partial charge in [0.05, 0.1) is 6.04 Å². The lowest BCUT2D eigenvalue weighted by atomic mass is 10.0. The molecule has 3 nitrogen and oxygen atoms in total. The second kappa shape index (κ2) is 7.71. The third kappa shape index (κ3) is 3.92. The van der Waals surface area contributed by atoms with Crippen LogP contribution >= 0.6 is 0 Å². The monoisotopic (exact) mass is 288 g/mol. The summed E-state index contributed by atoms with van der Waals surface area (Å²) in [6, 6.07) is 10.3.